The van der Waals surface area contributed by atoms with Gasteiger partial charge in [-0.05, 0) is 74.3 Å². The molecule has 1 fully saturated rings. The molecular weight excluding hydrogens is 494 g/mol. The lowest BCUT2D eigenvalue weighted by atomic mass is 9.82. The van der Waals surface area contributed by atoms with E-state index >= 15 is 0 Å². The first-order valence-electron chi connectivity index (χ1n) is 13.9. The highest BCUT2D eigenvalue weighted by molar-refractivity contribution is 7.91. The molecule has 0 spiro atoms. The van der Waals surface area contributed by atoms with Crippen LogP contribution in [0, 0.1) is 25.2 Å². The zero-order chi connectivity index (χ0) is 28.5. The Hall–Kier alpha value is -2.25. The largest absolute Gasteiger partial charge is 0.300 e. The van der Waals surface area contributed by atoms with E-state index in [9.17, 15) is 13.2 Å². The predicted molar refractivity (Wildman–Crippen MR) is 158 cm³/mol. The van der Waals surface area contributed by atoms with Crippen LogP contribution in [0.15, 0.2) is 30.3 Å². The number of anilines is 1. The molecule has 1 saturated heterocycles. The lowest BCUT2D eigenvalue weighted by molar-refractivity contribution is -0.119. The molecular formula is C31H47N3O3S. The number of carbonyl (C=O) groups is 1. The van der Waals surface area contributed by atoms with Crippen LogP contribution in [0.25, 0.3) is 11.3 Å². The van der Waals surface area contributed by atoms with Gasteiger partial charge in [0.15, 0.2) is 9.84 Å². The number of nitrogens with zero attached hydrogens (tertiary/aromatic N) is 3. The molecule has 1 aliphatic rings. The summed E-state index contributed by atoms with van der Waals surface area (Å²) in [5.41, 5.74) is 4.94. The van der Waals surface area contributed by atoms with Crippen molar-refractivity contribution in [3.8, 4) is 11.3 Å². The summed E-state index contributed by atoms with van der Waals surface area (Å²) < 4.78 is 24.0. The van der Waals surface area contributed by atoms with Crippen molar-refractivity contribution in [3.05, 3.63) is 47.0 Å². The second-order valence-electron chi connectivity index (χ2n) is 12.8. The van der Waals surface area contributed by atoms with Gasteiger partial charge in [-0.2, -0.15) is 0 Å². The van der Waals surface area contributed by atoms with Crippen molar-refractivity contribution in [1.82, 2.24) is 9.88 Å². The number of amides is 1. The van der Waals surface area contributed by atoms with Gasteiger partial charge >= 0.3 is 0 Å². The Morgan fingerprint density at radius 2 is 1.63 bits per heavy atom. The number of hydrogen-bond donors (Lipinski definition) is 0. The first-order chi connectivity index (χ1) is 17.5. The fourth-order valence-electron chi connectivity index (χ4n) is 5.47. The van der Waals surface area contributed by atoms with Gasteiger partial charge in [-0.1, -0.05) is 52.3 Å². The number of sulfone groups is 1. The van der Waals surface area contributed by atoms with Gasteiger partial charge in [0.25, 0.3) is 0 Å². The Morgan fingerprint density at radius 3 is 2.21 bits per heavy atom. The maximum absolute atomic E-state index is 13.3. The molecule has 1 aliphatic heterocycles. The Balaban J connectivity index is 1.89. The molecule has 0 radical (unpaired) electrons. The van der Waals surface area contributed by atoms with Crippen molar-refractivity contribution in [3.63, 3.8) is 0 Å². The summed E-state index contributed by atoms with van der Waals surface area (Å²) in [6.45, 7) is 18.3. The fraction of sp³-hybridized carbons (Fsp3) is 0.613. The molecule has 2 aromatic rings. The maximum Gasteiger partial charge on any atom is 0.228 e. The average molecular weight is 542 g/mol. The Labute approximate surface area is 230 Å². The first-order valence-corrected chi connectivity index (χ1v) is 15.7. The van der Waals surface area contributed by atoms with Crippen LogP contribution in [0.1, 0.15) is 77.5 Å². The number of carbonyl (C=O) groups excluding carboxylic acids is 1. The second-order valence-corrected chi connectivity index (χ2v) is 15.1. The van der Waals surface area contributed by atoms with E-state index in [-0.39, 0.29) is 28.4 Å². The third kappa shape index (κ3) is 7.23. The van der Waals surface area contributed by atoms with Crippen molar-refractivity contribution in [2.45, 2.75) is 80.2 Å². The summed E-state index contributed by atoms with van der Waals surface area (Å²) in [7, 11) is -1.11. The Bertz CT molecular complexity index is 1250. The van der Waals surface area contributed by atoms with Crippen LogP contribution >= 0.6 is 0 Å². The topological polar surface area (TPSA) is 70.6 Å². The summed E-state index contributed by atoms with van der Waals surface area (Å²) in [6.07, 6.45) is 2.51. The smallest absolute Gasteiger partial charge is 0.228 e. The normalized spacial score (nSPS) is 17.3. The van der Waals surface area contributed by atoms with Gasteiger partial charge in [-0.25, -0.2) is 13.4 Å². The quantitative estimate of drug-likeness (QED) is 0.401. The van der Waals surface area contributed by atoms with Crippen LogP contribution in [0.3, 0.4) is 0 Å². The van der Waals surface area contributed by atoms with Gasteiger partial charge in [0, 0.05) is 37.7 Å². The van der Waals surface area contributed by atoms with Gasteiger partial charge in [-0.3, -0.25) is 14.6 Å². The number of rotatable bonds is 8. The Kier molecular flexibility index (Phi) is 9.14. The molecule has 1 aromatic heterocycles. The van der Waals surface area contributed by atoms with Gasteiger partial charge in [0.05, 0.1) is 17.2 Å². The van der Waals surface area contributed by atoms with Gasteiger partial charge in [0.1, 0.15) is 5.82 Å². The average Bonchev–Trinajstić information content (AvgIpc) is 2.82. The van der Waals surface area contributed by atoms with Crippen LogP contribution in [0.2, 0.25) is 0 Å². The minimum Gasteiger partial charge on any atom is -0.300 e. The highest BCUT2D eigenvalue weighted by atomic mass is 32.2. The number of pyridine rings is 1. The molecule has 7 heteroatoms. The Morgan fingerprint density at radius 1 is 1.03 bits per heavy atom. The first kappa shape index (κ1) is 30.3. The summed E-state index contributed by atoms with van der Waals surface area (Å²) in [4.78, 5) is 22.3. The summed E-state index contributed by atoms with van der Waals surface area (Å²) in [6, 6.07) is 10.5. The molecule has 210 valence electrons. The third-order valence-electron chi connectivity index (χ3n) is 8.06. The summed E-state index contributed by atoms with van der Waals surface area (Å²) >= 11 is 0. The predicted octanol–water partition coefficient (Wildman–Crippen LogP) is 6.15. The molecule has 38 heavy (non-hydrogen) atoms. The lowest BCUT2D eigenvalue weighted by Gasteiger charge is -2.41. The van der Waals surface area contributed by atoms with Crippen molar-refractivity contribution in [2.75, 3.05) is 36.5 Å². The van der Waals surface area contributed by atoms with E-state index in [0.717, 1.165) is 40.8 Å². The molecule has 6 nitrogen and oxygen atoms in total. The third-order valence-corrected chi connectivity index (χ3v) is 9.67. The molecule has 1 unspecified atom stereocenters. The van der Waals surface area contributed by atoms with Crippen molar-refractivity contribution in [2.24, 2.45) is 11.3 Å². The van der Waals surface area contributed by atoms with Crippen LogP contribution in [0.5, 0.6) is 0 Å². The van der Waals surface area contributed by atoms with E-state index in [1.54, 1.807) is 4.90 Å². The lowest BCUT2D eigenvalue weighted by Crippen LogP contribution is -2.49. The van der Waals surface area contributed by atoms with E-state index in [0.29, 0.717) is 31.2 Å². The van der Waals surface area contributed by atoms with Crippen LogP contribution in [-0.4, -0.2) is 55.9 Å². The number of aryl methyl sites for hydroxylation is 2. The van der Waals surface area contributed by atoms with Crippen LogP contribution in [0.4, 0.5) is 5.82 Å². The molecule has 0 aliphatic carbocycles. The van der Waals surface area contributed by atoms with E-state index < -0.39 is 9.84 Å². The maximum atomic E-state index is 13.3. The van der Waals surface area contributed by atoms with Gasteiger partial charge in [0.2, 0.25) is 5.91 Å². The van der Waals surface area contributed by atoms with Gasteiger partial charge < -0.3 is 0 Å². The molecule has 2 heterocycles. The highest BCUT2D eigenvalue weighted by Gasteiger charge is 2.34. The van der Waals surface area contributed by atoms with E-state index in [1.807, 2.05) is 26.1 Å². The standard InChI is InChI=1S/C31H47N3O3S/c1-10-24(21-30(4,5)6)19-28(35)33(9)29-23(3)12-14-27(32-29)26-20-25(13-11-22(26)2)31(7,8)34-15-17-38(36,37)18-16-34/h11-14,20,24H,10,15-19,21H2,1-9H3. The van der Waals surface area contributed by atoms with Crippen molar-refractivity contribution >= 4 is 21.6 Å². The SMILES string of the molecule is CCC(CC(=O)N(C)c1nc(-c2cc(C(C)(C)N3CCS(=O)(=O)CC3)ccc2C)ccc1C)CC(C)(C)C. The van der Waals surface area contributed by atoms with Gasteiger partial charge in [-0.15, -0.1) is 0 Å². The monoisotopic (exact) mass is 541 g/mol. The second kappa shape index (κ2) is 11.5. The molecule has 1 atom stereocenters. The van der Waals surface area contributed by atoms with Crippen LogP contribution < -0.4 is 4.90 Å². The molecule has 3 rings (SSSR count). The number of benzene rings is 1. The summed E-state index contributed by atoms with van der Waals surface area (Å²) in [5.74, 6) is 1.54. The zero-order valence-electron chi connectivity index (χ0n) is 24.9. The zero-order valence-corrected chi connectivity index (χ0v) is 25.7. The molecule has 0 N–H and O–H groups in total. The highest BCUT2D eigenvalue weighted by Crippen LogP contribution is 2.35. The fourth-order valence-corrected chi connectivity index (χ4v) is 6.67. The van der Waals surface area contributed by atoms with Crippen molar-refractivity contribution in [1.29, 1.82) is 0 Å². The van der Waals surface area contributed by atoms with E-state index in [1.165, 1.54) is 0 Å². The number of aromatic nitrogens is 1. The molecule has 0 saturated carbocycles. The van der Waals surface area contributed by atoms with Crippen LogP contribution in [-0.2, 0) is 20.2 Å². The summed E-state index contributed by atoms with van der Waals surface area (Å²) in [5, 5.41) is 0. The molecule has 1 amide bonds. The van der Waals surface area contributed by atoms with E-state index in [4.69, 9.17) is 4.98 Å². The minimum atomic E-state index is -2.94. The number of hydrogen-bond acceptors (Lipinski definition) is 5. The minimum absolute atomic E-state index is 0.0977. The molecule has 0 bridgehead atoms. The van der Waals surface area contributed by atoms with Crippen molar-refractivity contribution < 1.29 is 13.2 Å². The molecule has 1 aromatic carbocycles. The van der Waals surface area contributed by atoms with E-state index in [2.05, 4.69) is 71.6 Å².